The first kappa shape index (κ1) is 25.2. The minimum Gasteiger partial charge on any atom is -0.367 e. The Bertz CT molecular complexity index is 1340. The second kappa shape index (κ2) is 10.5. The largest absolute Gasteiger partial charge is 0.367 e. The van der Waals surface area contributed by atoms with Crippen LogP contribution in [0.15, 0.2) is 65.8 Å². The maximum Gasteiger partial charge on any atom is 0.257 e. The molecule has 0 unspecified atom stereocenters. The molecule has 0 spiro atoms. The third-order valence-electron chi connectivity index (χ3n) is 7.58. The van der Waals surface area contributed by atoms with Gasteiger partial charge in [0.15, 0.2) is 0 Å². The van der Waals surface area contributed by atoms with Crippen LogP contribution >= 0.6 is 0 Å². The van der Waals surface area contributed by atoms with E-state index in [1.165, 1.54) is 28.3 Å². The quantitative estimate of drug-likeness (QED) is 0.462. The monoisotopic (exact) mass is 498 g/mol. The Morgan fingerprint density at radius 2 is 1.59 bits per heavy atom. The fraction of sp³-hybridized carbons (Fsp3) is 0.355. The molecule has 3 aromatic carbocycles. The number of aryl methyl sites for hydroxylation is 4. The number of halogens is 1. The van der Waals surface area contributed by atoms with Crippen LogP contribution in [0.3, 0.4) is 0 Å². The highest BCUT2D eigenvalue weighted by Crippen LogP contribution is 2.36. The molecule has 5 nitrogen and oxygen atoms in total. The fourth-order valence-corrected chi connectivity index (χ4v) is 5.52. The van der Waals surface area contributed by atoms with Gasteiger partial charge in [-0.25, -0.2) is 9.40 Å². The van der Waals surface area contributed by atoms with Crippen molar-refractivity contribution in [3.8, 4) is 0 Å². The molecule has 192 valence electrons. The second-order valence-electron chi connectivity index (χ2n) is 10.4. The van der Waals surface area contributed by atoms with Gasteiger partial charge < -0.3 is 4.90 Å². The minimum absolute atomic E-state index is 0.00464. The van der Waals surface area contributed by atoms with Crippen molar-refractivity contribution in [3.63, 3.8) is 0 Å². The first-order valence-electron chi connectivity index (χ1n) is 13.1. The van der Waals surface area contributed by atoms with Crippen LogP contribution in [-0.4, -0.2) is 54.3 Å². The van der Waals surface area contributed by atoms with Gasteiger partial charge in [0.2, 0.25) is 0 Å². The van der Waals surface area contributed by atoms with Crippen LogP contribution in [0.2, 0.25) is 0 Å². The molecule has 0 N–H and O–H groups in total. The first-order valence-corrected chi connectivity index (χ1v) is 13.1. The number of amides is 1. The highest BCUT2D eigenvalue weighted by Gasteiger charge is 2.35. The van der Waals surface area contributed by atoms with Gasteiger partial charge in [0.25, 0.3) is 5.91 Å². The van der Waals surface area contributed by atoms with Gasteiger partial charge in [0.05, 0.1) is 24.0 Å². The topological polar surface area (TPSA) is 39.2 Å². The van der Waals surface area contributed by atoms with E-state index in [1.807, 2.05) is 12.1 Å². The number of nitrogens with zero attached hydrogens (tertiary/aromatic N) is 4. The average Bonchev–Trinajstić information content (AvgIpc) is 3.31. The Labute approximate surface area is 219 Å². The summed E-state index contributed by atoms with van der Waals surface area (Å²) in [4.78, 5) is 17.9. The highest BCUT2D eigenvalue weighted by atomic mass is 19.1. The summed E-state index contributed by atoms with van der Waals surface area (Å²) in [5, 5.41) is 6.65. The van der Waals surface area contributed by atoms with E-state index in [4.69, 9.17) is 5.10 Å². The first-order chi connectivity index (χ1) is 17.8. The van der Waals surface area contributed by atoms with E-state index >= 15 is 0 Å². The van der Waals surface area contributed by atoms with Crippen molar-refractivity contribution in [1.29, 1.82) is 0 Å². The third-order valence-corrected chi connectivity index (χ3v) is 7.58. The Balaban J connectivity index is 1.36. The summed E-state index contributed by atoms with van der Waals surface area (Å²) in [5.74, 6) is -0.196. The zero-order valence-electron chi connectivity index (χ0n) is 22.2. The molecule has 5 rings (SSSR count). The summed E-state index contributed by atoms with van der Waals surface area (Å²) >= 11 is 0. The maximum absolute atomic E-state index is 14.2. The molecule has 1 atom stereocenters. The van der Waals surface area contributed by atoms with Gasteiger partial charge in [-0.1, -0.05) is 59.7 Å². The van der Waals surface area contributed by atoms with E-state index in [0.29, 0.717) is 44.8 Å². The molecule has 0 aromatic heterocycles. The van der Waals surface area contributed by atoms with Crippen molar-refractivity contribution in [3.05, 3.63) is 99.9 Å². The predicted octanol–water partition coefficient (Wildman–Crippen LogP) is 5.56. The molecule has 0 saturated carbocycles. The summed E-state index contributed by atoms with van der Waals surface area (Å²) < 4.78 is 14.2. The lowest BCUT2D eigenvalue weighted by Gasteiger charge is -2.36. The van der Waals surface area contributed by atoms with Crippen LogP contribution in [0.4, 0.5) is 10.1 Å². The molecule has 1 saturated heterocycles. The lowest BCUT2D eigenvalue weighted by Crippen LogP contribution is -2.49. The summed E-state index contributed by atoms with van der Waals surface area (Å²) in [5.41, 5.74) is 8.59. The Kier molecular flexibility index (Phi) is 7.11. The van der Waals surface area contributed by atoms with Crippen molar-refractivity contribution in [2.45, 2.75) is 40.2 Å². The molecule has 6 heteroatoms. The molecule has 3 aromatic rings. The SMILES string of the molecule is Cc1ccc(C2=NN(C(=O)CN3CCN(c4ccccc4F)CC3)[C@H](c3cc(C)ccc3C)C2)c(C)c1. The summed E-state index contributed by atoms with van der Waals surface area (Å²) in [6, 6.07) is 19.6. The van der Waals surface area contributed by atoms with Gasteiger partial charge in [-0.15, -0.1) is 0 Å². The molecule has 2 heterocycles. The van der Waals surface area contributed by atoms with Crippen LogP contribution in [0, 0.1) is 33.5 Å². The molecule has 1 fully saturated rings. The summed E-state index contributed by atoms with van der Waals surface area (Å²) in [7, 11) is 0. The predicted molar refractivity (Wildman–Crippen MR) is 148 cm³/mol. The molecule has 2 aliphatic rings. The molecule has 0 aliphatic carbocycles. The van der Waals surface area contributed by atoms with E-state index in [9.17, 15) is 9.18 Å². The Morgan fingerprint density at radius 3 is 2.32 bits per heavy atom. The number of piperazine rings is 1. The number of hydrogen-bond acceptors (Lipinski definition) is 4. The number of hydrogen-bond donors (Lipinski definition) is 0. The van der Waals surface area contributed by atoms with Gasteiger partial charge in [0, 0.05) is 38.2 Å². The lowest BCUT2D eigenvalue weighted by atomic mass is 9.92. The minimum atomic E-state index is -0.200. The van der Waals surface area contributed by atoms with Crippen LogP contribution < -0.4 is 4.90 Å². The van der Waals surface area contributed by atoms with Crippen molar-refractivity contribution < 1.29 is 9.18 Å². The summed E-state index contributed by atoms with van der Waals surface area (Å²) in [6.45, 7) is 11.5. The zero-order chi connectivity index (χ0) is 26.1. The van der Waals surface area contributed by atoms with Crippen molar-refractivity contribution in [2.24, 2.45) is 5.10 Å². The molecule has 1 amide bonds. The lowest BCUT2D eigenvalue weighted by molar-refractivity contribution is -0.134. The van der Waals surface area contributed by atoms with Gasteiger partial charge in [-0.3, -0.25) is 9.69 Å². The smallest absolute Gasteiger partial charge is 0.257 e. The molecular formula is C31H35FN4O. The number of carbonyl (C=O) groups is 1. The van der Waals surface area contributed by atoms with Crippen LogP contribution in [0.25, 0.3) is 0 Å². The molecular weight excluding hydrogens is 463 g/mol. The number of para-hydroxylation sites is 1. The summed E-state index contributed by atoms with van der Waals surface area (Å²) in [6.07, 6.45) is 0.695. The van der Waals surface area contributed by atoms with Crippen molar-refractivity contribution in [1.82, 2.24) is 9.91 Å². The maximum atomic E-state index is 14.2. The van der Waals surface area contributed by atoms with E-state index < -0.39 is 0 Å². The van der Waals surface area contributed by atoms with E-state index in [1.54, 1.807) is 11.1 Å². The van der Waals surface area contributed by atoms with Crippen LogP contribution in [0.1, 0.15) is 45.8 Å². The highest BCUT2D eigenvalue weighted by molar-refractivity contribution is 6.04. The standard InChI is InChI=1S/C31H35FN4O/c1-21-10-12-25(24(4)17-21)28-19-30(26-18-22(2)9-11-23(26)3)36(33-28)31(37)20-34-13-15-35(16-14-34)29-8-6-5-7-27(29)32/h5-12,17-18,30H,13-16,19-20H2,1-4H3/t30-/m0/s1. The number of benzene rings is 3. The third kappa shape index (κ3) is 5.30. The van der Waals surface area contributed by atoms with Gasteiger partial charge in [-0.2, -0.15) is 5.10 Å². The van der Waals surface area contributed by atoms with Crippen LogP contribution in [-0.2, 0) is 4.79 Å². The van der Waals surface area contributed by atoms with Gasteiger partial charge in [-0.05, 0) is 56.5 Å². The average molecular weight is 499 g/mol. The Hall–Kier alpha value is -3.51. The fourth-order valence-electron chi connectivity index (χ4n) is 5.52. The van der Waals surface area contributed by atoms with Crippen molar-refractivity contribution >= 4 is 17.3 Å². The number of anilines is 1. The molecule has 37 heavy (non-hydrogen) atoms. The molecule has 2 aliphatic heterocycles. The second-order valence-corrected chi connectivity index (χ2v) is 10.4. The molecule has 0 radical (unpaired) electrons. The molecule has 0 bridgehead atoms. The normalized spacial score (nSPS) is 18.3. The van der Waals surface area contributed by atoms with Crippen LogP contribution in [0.5, 0.6) is 0 Å². The zero-order valence-corrected chi connectivity index (χ0v) is 22.2. The number of hydrazone groups is 1. The van der Waals surface area contributed by atoms with E-state index in [-0.39, 0.29) is 17.8 Å². The van der Waals surface area contributed by atoms with Gasteiger partial charge in [0.1, 0.15) is 5.82 Å². The number of rotatable bonds is 5. The van der Waals surface area contributed by atoms with Crippen molar-refractivity contribution in [2.75, 3.05) is 37.6 Å². The van der Waals surface area contributed by atoms with Gasteiger partial charge >= 0.3 is 0 Å². The van der Waals surface area contributed by atoms with E-state index in [0.717, 1.165) is 16.8 Å². The number of carbonyl (C=O) groups excluding carboxylic acids is 1. The van der Waals surface area contributed by atoms with E-state index in [2.05, 4.69) is 73.9 Å². The Morgan fingerprint density at radius 1 is 0.892 bits per heavy atom.